The molecule has 0 aromatic carbocycles. The quantitative estimate of drug-likeness (QED) is 0.809. The van der Waals surface area contributed by atoms with Crippen molar-refractivity contribution in [3.8, 4) is 0 Å². The van der Waals surface area contributed by atoms with Gasteiger partial charge in [-0.15, -0.1) is 0 Å². The topological polar surface area (TPSA) is 53.5 Å². The summed E-state index contributed by atoms with van der Waals surface area (Å²) in [6, 6.07) is 4.19. The van der Waals surface area contributed by atoms with E-state index in [-0.39, 0.29) is 0 Å². The smallest absolute Gasteiger partial charge is 0.244 e. The van der Waals surface area contributed by atoms with Crippen molar-refractivity contribution >= 4 is 10.0 Å². The van der Waals surface area contributed by atoms with Crippen LogP contribution in [-0.2, 0) is 10.0 Å². The van der Waals surface area contributed by atoms with E-state index in [0.29, 0.717) is 30.1 Å². The SMILES string of the molecule is CN1[C@@H]2CC[C@H]1CN(S(=O)(=O)c1cccnc1)CC2. The number of aromatic nitrogens is 1. The Hall–Kier alpha value is -0.980. The third-order valence-corrected chi connectivity index (χ3v) is 6.23. The van der Waals surface area contributed by atoms with E-state index in [1.54, 1.807) is 22.6 Å². The summed E-state index contributed by atoms with van der Waals surface area (Å²) in [5.74, 6) is 0. The second kappa shape index (κ2) is 4.85. The summed E-state index contributed by atoms with van der Waals surface area (Å²) in [7, 11) is -1.27. The molecule has 0 saturated carbocycles. The number of sulfonamides is 1. The van der Waals surface area contributed by atoms with Crippen molar-refractivity contribution in [2.24, 2.45) is 0 Å². The van der Waals surface area contributed by atoms with Crippen molar-refractivity contribution < 1.29 is 8.42 Å². The lowest BCUT2D eigenvalue weighted by atomic mass is 10.1. The molecule has 0 N–H and O–H groups in total. The number of nitrogens with zero attached hydrogens (tertiary/aromatic N) is 3. The molecule has 3 rings (SSSR count). The highest BCUT2D eigenvalue weighted by Crippen LogP contribution is 2.30. The van der Waals surface area contributed by atoms with Gasteiger partial charge in [-0.2, -0.15) is 4.31 Å². The standard InChI is InChI=1S/C13H19N3O2S/c1-15-11-4-5-12(15)10-16(8-6-11)19(17,18)13-3-2-7-14-9-13/h2-3,7,9,11-12H,4-6,8,10H2,1H3/t11-,12+/m1/s1. The third kappa shape index (κ3) is 2.28. The van der Waals surface area contributed by atoms with Crippen LogP contribution in [0.15, 0.2) is 29.4 Å². The Kier molecular flexibility index (Phi) is 3.32. The molecule has 2 atom stereocenters. The van der Waals surface area contributed by atoms with Gasteiger partial charge in [-0.05, 0) is 38.4 Å². The molecule has 3 heterocycles. The molecule has 6 heteroatoms. The predicted octanol–water partition coefficient (Wildman–Crippen LogP) is 0.939. The van der Waals surface area contributed by atoms with Crippen LogP contribution in [0.4, 0.5) is 0 Å². The molecule has 0 amide bonds. The lowest BCUT2D eigenvalue weighted by Crippen LogP contribution is -2.39. The molecular weight excluding hydrogens is 262 g/mol. The molecule has 2 saturated heterocycles. The van der Waals surface area contributed by atoms with Gasteiger partial charge in [-0.25, -0.2) is 8.42 Å². The fourth-order valence-electron chi connectivity index (χ4n) is 3.14. The van der Waals surface area contributed by atoms with E-state index in [4.69, 9.17) is 0 Å². The first-order valence-corrected chi connectivity index (χ1v) is 8.15. The van der Waals surface area contributed by atoms with Gasteiger partial charge in [0.2, 0.25) is 10.0 Å². The maximum atomic E-state index is 12.6. The highest BCUT2D eigenvalue weighted by Gasteiger charge is 2.38. The van der Waals surface area contributed by atoms with Crippen molar-refractivity contribution in [1.29, 1.82) is 0 Å². The fraction of sp³-hybridized carbons (Fsp3) is 0.615. The second-order valence-corrected chi connectivity index (χ2v) is 7.33. The van der Waals surface area contributed by atoms with E-state index >= 15 is 0 Å². The lowest BCUT2D eigenvalue weighted by molar-refractivity contribution is 0.246. The highest BCUT2D eigenvalue weighted by atomic mass is 32.2. The second-order valence-electron chi connectivity index (χ2n) is 5.39. The average Bonchev–Trinajstić information content (AvgIpc) is 2.63. The van der Waals surface area contributed by atoms with Gasteiger partial charge in [-0.1, -0.05) is 0 Å². The van der Waals surface area contributed by atoms with Gasteiger partial charge in [0.1, 0.15) is 4.90 Å². The van der Waals surface area contributed by atoms with Crippen LogP contribution in [0, 0.1) is 0 Å². The normalized spacial score (nSPS) is 29.3. The summed E-state index contributed by atoms with van der Waals surface area (Å²) in [5.41, 5.74) is 0. The van der Waals surface area contributed by atoms with Crippen LogP contribution >= 0.6 is 0 Å². The van der Waals surface area contributed by atoms with Crippen LogP contribution in [0.25, 0.3) is 0 Å². The monoisotopic (exact) mass is 281 g/mol. The van der Waals surface area contributed by atoms with E-state index in [1.807, 2.05) is 0 Å². The molecule has 1 aromatic rings. The van der Waals surface area contributed by atoms with Crippen molar-refractivity contribution in [1.82, 2.24) is 14.2 Å². The zero-order chi connectivity index (χ0) is 13.5. The summed E-state index contributed by atoms with van der Waals surface area (Å²) in [6.45, 7) is 1.22. The molecule has 0 unspecified atom stereocenters. The summed E-state index contributed by atoms with van der Waals surface area (Å²) in [6.07, 6.45) is 6.24. The molecular formula is C13H19N3O2S. The Labute approximate surface area is 114 Å². The van der Waals surface area contributed by atoms with E-state index in [2.05, 4.69) is 16.9 Å². The average molecular weight is 281 g/mol. The van der Waals surface area contributed by atoms with Crippen LogP contribution in [0.5, 0.6) is 0 Å². The number of pyridine rings is 1. The van der Waals surface area contributed by atoms with E-state index < -0.39 is 10.0 Å². The molecule has 0 spiro atoms. The predicted molar refractivity (Wildman–Crippen MR) is 72.2 cm³/mol. The third-order valence-electron chi connectivity index (χ3n) is 4.38. The fourth-order valence-corrected chi connectivity index (χ4v) is 4.60. The van der Waals surface area contributed by atoms with Crippen molar-refractivity contribution in [3.63, 3.8) is 0 Å². The Morgan fingerprint density at radius 2 is 2.05 bits per heavy atom. The first-order chi connectivity index (χ1) is 9.09. The highest BCUT2D eigenvalue weighted by molar-refractivity contribution is 7.89. The van der Waals surface area contributed by atoms with Gasteiger partial charge < -0.3 is 0 Å². The maximum Gasteiger partial charge on any atom is 0.244 e. The minimum Gasteiger partial charge on any atom is -0.299 e. The molecule has 2 fully saturated rings. The van der Waals surface area contributed by atoms with Crippen LogP contribution in [0.3, 0.4) is 0 Å². The molecule has 2 aliphatic rings. The van der Waals surface area contributed by atoms with E-state index in [9.17, 15) is 8.42 Å². The zero-order valence-corrected chi connectivity index (χ0v) is 11.9. The van der Waals surface area contributed by atoms with Crippen molar-refractivity contribution in [2.75, 3.05) is 20.1 Å². The largest absolute Gasteiger partial charge is 0.299 e. The molecule has 2 aliphatic heterocycles. The zero-order valence-electron chi connectivity index (χ0n) is 11.1. The molecule has 19 heavy (non-hydrogen) atoms. The van der Waals surface area contributed by atoms with Gasteiger partial charge in [0, 0.05) is 37.6 Å². The minimum absolute atomic E-state index is 0.301. The summed E-state index contributed by atoms with van der Waals surface area (Å²) >= 11 is 0. The molecule has 0 aliphatic carbocycles. The van der Waals surface area contributed by atoms with Crippen molar-refractivity contribution in [3.05, 3.63) is 24.5 Å². The van der Waals surface area contributed by atoms with Gasteiger partial charge in [0.15, 0.2) is 0 Å². The van der Waals surface area contributed by atoms with Crippen molar-refractivity contribution in [2.45, 2.75) is 36.2 Å². The van der Waals surface area contributed by atoms with Crippen LogP contribution in [-0.4, -0.2) is 54.8 Å². The molecule has 0 radical (unpaired) electrons. The summed E-state index contributed by atoms with van der Waals surface area (Å²) in [4.78, 5) is 6.56. The number of fused-ring (bicyclic) bond motifs is 2. The molecule has 1 aromatic heterocycles. The maximum absolute atomic E-state index is 12.6. The summed E-state index contributed by atoms with van der Waals surface area (Å²) in [5, 5.41) is 0. The van der Waals surface area contributed by atoms with Gasteiger partial charge in [0.25, 0.3) is 0 Å². The first-order valence-electron chi connectivity index (χ1n) is 6.71. The number of likely N-dealkylation sites (N-methyl/N-ethyl adjacent to an activating group) is 1. The van der Waals surface area contributed by atoms with Crippen LogP contribution in [0.1, 0.15) is 19.3 Å². The van der Waals surface area contributed by atoms with E-state index in [1.165, 1.54) is 12.6 Å². The molecule has 5 nitrogen and oxygen atoms in total. The molecule has 2 bridgehead atoms. The first kappa shape index (κ1) is 13.0. The number of hydrogen-bond donors (Lipinski definition) is 0. The Morgan fingerprint density at radius 1 is 1.26 bits per heavy atom. The van der Waals surface area contributed by atoms with E-state index in [0.717, 1.165) is 12.8 Å². The number of rotatable bonds is 2. The number of hydrogen-bond acceptors (Lipinski definition) is 4. The van der Waals surface area contributed by atoms with Crippen LogP contribution in [0.2, 0.25) is 0 Å². The Morgan fingerprint density at radius 3 is 2.79 bits per heavy atom. The van der Waals surface area contributed by atoms with Crippen LogP contribution < -0.4 is 0 Å². The Balaban J connectivity index is 1.87. The lowest BCUT2D eigenvalue weighted by Gasteiger charge is -2.25. The van der Waals surface area contributed by atoms with Gasteiger partial charge in [0.05, 0.1) is 0 Å². The van der Waals surface area contributed by atoms with Gasteiger partial charge in [-0.3, -0.25) is 9.88 Å². The Bertz CT molecular complexity index is 546. The minimum atomic E-state index is -3.39. The van der Waals surface area contributed by atoms with Gasteiger partial charge >= 0.3 is 0 Å². The summed E-state index contributed by atoms with van der Waals surface area (Å²) < 4.78 is 26.8. The molecule has 104 valence electrons.